The normalized spacial score (nSPS) is 11.9. The van der Waals surface area contributed by atoms with Crippen LogP contribution in [0.3, 0.4) is 0 Å². The van der Waals surface area contributed by atoms with Crippen molar-refractivity contribution in [2.75, 3.05) is 11.9 Å². The van der Waals surface area contributed by atoms with E-state index in [1.165, 1.54) is 12.1 Å². The molecule has 1 heterocycles. The number of anilines is 1. The number of carbonyl (C=O) groups excluding carboxylic acids is 1. The summed E-state index contributed by atoms with van der Waals surface area (Å²) in [4.78, 5) is 12.6. The minimum Gasteiger partial charge on any atom is -0.324 e. The van der Waals surface area contributed by atoms with Gasteiger partial charge in [0.2, 0.25) is 5.91 Å². The number of H-pyrrole nitrogens is 1. The molecule has 0 saturated heterocycles. The second kappa shape index (κ2) is 7.72. The van der Waals surface area contributed by atoms with Gasteiger partial charge in [0, 0.05) is 17.4 Å². The van der Waals surface area contributed by atoms with Gasteiger partial charge < -0.3 is 10.6 Å². The molecule has 1 aromatic heterocycles. The average Bonchev–Trinajstić information content (AvgIpc) is 3.16. The first-order valence-corrected chi connectivity index (χ1v) is 8.06. The first-order chi connectivity index (χ1) is 12.2. The highest BCUT2D eigenvalue weighted by atomic mass is 19.1. The van der Waals surface area contributed by atoms with Crippen molar-refractivity contribution in [2.45, 2.75) is 13.0 Å². The summed E-state index contributed by atoms with van der Waals surface area (Å²) >= 11 is 0. The monoisotopic (exact) mass is 338 g/mol. The summed E-state index contributed by atoms with van der Waals surface area (Å²) < 4.78 is 13.1. The quantitative estimate of drug-likeness (QED) is 0.644. The lowest BCUT2D eigenvalue weighted by molar-refractivity contribution is -0.118. The molecule has 25 heavy (non-hydrogen) atoms. The number of aromatic nitrogens is 2. The molecule has 5 nitrogen and oxygen atoms in total. The van der Waals surface area contributed by atoms with E-state index < -0.39 is 6.04 Å². The van der Waals surface area contributed by atoms with Gasteiger partial charge in [-0.1, -0.05) is 31.2 Å². The predicted octanol–water partition coefficient (Wildman–Crippen LogP) is 3.51. The molecule has 6 heteroatoms. The first-order valence-electron chi connectivity index (χ1n) is 8.06. The fourth-order valence-corrected chi connectivity index (χ4v) is 2.59. The fraction of sp³-hybridized carbons (Fsp3) is 0.158. The molecule has 0 fully saturated rings. The third-order valence-corrected chi connectivity index (χ3v) is 3.86. The predicted molar refractivity (Wildman–Crippen MR) is 95.5 cm³/mol. The summed E-state index contributed by atoms with van der Waals surface area (Å²) in [6.07, 6.45) is 3.55. The molecule has 128 valence electrons. The van der Waals surface area contributed by atoms with Crippen LogP contribution in [0.5, 0.6) is 0 Å². The van der Waals surface area contributed by atoms with E-state index in [0.29, 0.717) is 12.2 Å². The Kier molecular flexibility index (Phi) is 5.20. The van der Waals surface area contributed by atoms with Crippen molar-refractivity contribution >= 4 is 11.6 Å². The Hall–Kier alpha value is -2.99. The van der Waals surface area contributed by atoms with Crippen LogP contribution in [0, 0.1) is 5.82 Å². The SMILES string of the molecule is CCNC(C(=O)Nc1ccc(-c2cn[nH]c2)cc1)c1ccc(F)cc1. The summed E-state index contributed by atoms with van der Waals surface area (Å²) in [7, 11) is 0. The van der Waals surface area contributed by atoms with E-state index >= 15 is 0 Å². The number of carbonyl (C=O) groups is 1. The molecule has 0 bridgehead atoms. The summed E-state index contributed by atoms with van der Waals surface area (Å²) in [6.45, 7) is 2.54. The van der Waals surface area contributed by atoms with Crippen LogP contribution >= 0.6 is 0 Å². The Morgan fingerprint density at radius 3 is 2.44 bits per heavy atom. The van der Waals surface area contributed by atoms with Crippen molar-refractivity contribution in [2.24, 2.45) is 0 Å². The van der Waals surface area contributed by atoms with E-state index in [0.717, 1.165) is 16.7 Å². The number of nitrogens with zero attached hydrogens (tertiary/aromatic N) is 1. The van der Waals surface area contributed by atoms with Crippen molar-refractivity contribution in [1.82, 2.24) is 15.5 Å². The summed E-state index contributed by atoms with van der Waals surface area (Å²) in [5.74, 6) is -0.515. The van der Waals surface area contributed by atoms with Gasteiger partial charge >= 0.3 is 0 Å². The second-order valence-corrected chi connectivity index (χ2v) is 5.60. The van der Waals surface area contributed by atoms with Crippen molar-refractivity contribution in [3.8, 4) is 11.1 Å². The van der Waals surface area contributed by atoms with Crippen LogP contribution in [0.1, 0.15) is 18.5 Å². The van der Waals surface area contributed by atoms with Crippen LogP contribution in [0.15, 0.2) is 60.9 Å². The lowest BCUT2D eigenvalue weighted by Gasteiger charge is -2.18. The summed E-state index contributed by atoms with van der Waals surface area (Å²) in [6, 6.07) is 12.9. The highest BCUT2D eigenvalue weighted by molar-refractivity contribution is 5.95. The number of benzene rings is 2. The smallest absolute Gasteiger partial charge is 0.246 e. The van der Waals surface area contributed by atoms with Gasteiger partial charge in [0.1, 0.15) is 11.9 Å². The summed E-state index contributed by atoms with van der Waals surface area (Å²) in [5, 5.41) is 12.7. The minimum absolute atomic E-state index is 0.190. The molecule has 0 saturated carbocycles. The Bertz CT molecular complexity index is 814. The highest BCUT2D eigenvalue weighted by Gasteiger charge is 2.19. The maximum atomic E-state index is 13.1. The Labute approximate surface area is 145 Å². The van der Waals surface area contributed by atoms with E-state index in [1.807, 2.05) is 37.4 Å². The van der Waals surface area contributed by atoms with Gasteiger partial charge in [0.05, 0.1) is 6.20 Å². The largest absolute Gasteiger partial charge is 0.324 e. The van der Waals surface area contributed by atoms with E-state index in [-0.39, 0.29) is 11.7 Å². The van der Waals surface area contributed by atoms with E-state index in [2.05, 4.69) is 20.8 Å². The number of amides is 1. The number of hydrogen-bond donors (Lipinski definition) is 3. The lowest BCUT2D eigenvalue weighted by Crippen LogP contribution is -2.32. The number of halogens is 1. The van der Waals surface area contributed by atoms with Gasteiger partial charge in [0.15, 0.2) is 0 Å². The van der Waals surface area contributed by atoms with Crippen molar-refractivity contribution < 1.29 is 9.18 Å². The molecule has 3 rings (SSSR count). The topological polar surface area (TPSA) is 69.8 Å². The zero-order chi connectivity index (χ0) is 17.6. The Balaban J connectivity index is 1.73. The molecule has 0 aliphatic carbocycles. The number of hydrogen-bond acceptors (Lipinski definition) is 3. The maximum absolute atomic E-state index is 13.1. The average molecular weight is 338 g/mol. The third kappa shape index (κ3) is 4.10. The number of nitrogens with one attached hydrogen (secondary N) is 3. The van der Waals surface area contributed by atoms with Crippen LogP contribution in [0.4, 0.5) is 10.1 Å². The van der Waals surface area contributed by atoms with Gasteiger partial charge in [-0.25, -0.2) is 4.39 Å². The lowest BCUT2D eigenvalue weighted by atomic mass is 10.1. The summed E-state index contributed by atoms with van der Waals surface area (Å²) in [5.41, 5.74) is 3.40. The maximum Gasteiger partial charge on any atom is 0.246 e. The molecular formula is C19H19FN4O. The number of likely N-dealkylation sites (N-methyl/N-ethyl adjacent to an activating group) is 1. The fourth-order valence-electron chi connectivity index (χ4n) is 2.59. The van der Waals surface area contributed by atoms with Crippen LogP contribution < -0.4 is 10.6 Å². The molecule has 0 aliphatic heterocycles. The van der Waals surface area contributed by atoms with E-state index in [1.54, 1.807) is 18.3 Å². The molecule has 0 aliphatic rings. The number of rotatable bonds is 6. The van der Waals surface area contributed by atoms with E-state index in [9.17, 15) is 9.18 Å². The van der Waals surface area contributed by atoms with E-state index in [4.69, 9.17) is 0 Å². The minimum atomic E-state index is -0.542. The first kappa shape index (κ1) is 16.9. The van der Waals surface area contributed by atoms with Crippen LogP contribution in [-0.4, -0.2) is 22.6 Å². The molecule has 3 aromatic rings. The number of aromatic amines is 1. The standard InChI is InChI=1S/C19H19FN4O/c1-2-21-18(14-3-7-16(20)8-4-14)19(25)24-17-9-5-13(6-10-17)15-11-22-23-12-15/h3-12,18,21H,2H2,1H3,(H,22,23)(H,24,25). The molecule has 2 aromatic carbocycles. The van der Waals surface area contributed by atoms with Crippen LogP contribution in [0.25, 0.3) is 11.1 Å². The third-order valence-electron chi connectivity index (χ3n) is 3.86. The van der Waals surface area contributed by atoms with Crippen molar-refractivity contribution in [1.29, 1.82) is 0 Å². The zero-order valence-corrected chi connectivity index (χ0v) is 13.8. The van der Waals surface area contributed by atoms with Gasteiger partial charge in [-0.2, -0.15) is 5.10 Å². The van der Waals surface area contributed by atoms with Gasteiger partial charge in [-0.15, -0.1) is 0 Å². The molecular weight excluding hydrogens is 319 g/mol. The van der Waals surface area contributed by atoms with Crippen molar-refractivity contribution in [3.63, 3.8) is 0 Å². The second-order valence-electron chi connectivity index (χ2n) is 5.60. The van der Waals surface area contributed by atoms with Gasteiger partial charge in [-0.3, -0.25) is 9.89 Å². The molecule has 1 amide bonds. The zero-order valence-electron chi connectivity index (χ0n) is 13.8. The Morgan fingerprint density at radius 2 is 1.84 bits per heavy atom. The molecule has 3 N–H and O–H groups in total. The molecule has 1 atom stereocenters. The molecule has 1 unspecified atom stereocenters. The molecule has 0 radical (unpaired) electrons. The highest BCUT2D eigenvalue weighted by Crippen LogP contribution is 2.21. The van der Waals surface area contributed by atoms with Crippen LogP contribution in [-0.2, 0) is 4.79 Å². The Morgan fingerprint density at radius 1 is 1.12 bits per heavy atom. The van der Waals surface area contributed by atoms with Crippen LogP contribution in [0.2, 0.25) is 0 Å². The van der Waals surface area contributed by atoms with Crippen molar-refractivity contribution in [3.05, 3.63) is 72.3 Å². The van der Waals surface area contributed by atoms with Gasteiger partial charge in [0.25, 0.3) is 0 Å². The molecule has 0 spiro atoms. The van der Waals surface area contributed by atoms with Gasteiger partial charge in [-0.05, 0) is 41.9 Å².